The lowest BCUT2D eigenvalue weighted by molar-refractivity contribution is 0.400. The molecule has 3 rings (SSSR count). The quantitative estimate of drug-likeness (QED) is 0.713. The molecule has 0 aliphatic heterocycles. The molecule has 0 unspecified atom stereocenters. The van der Waals surface area contributed by atoms with E-state index in [1.54, 1.807) is 0 Å². The van der Waals surface area contributed by atoms with Gasteiger partial charge >= 0.3 is 0 Å². The van der Waals surface area contributed by atoms with Gasteiger partial charge in [0.2, 0.25) is 0 Å². The molecule has 0 saturated heterocycles. The van der Waals surface area contributed by atoms with Crippen LogP contribution in [0.1, 0.15) is 32.2 Å². The van der Waals surface area contributed by atoms with Crippen LogP contribution in [0.4, 0.5) is 4.39 Å². The normalized spacial score (nSPS) is 11.7. The van der Waals surface area contributed by atoms with Crippen LogP contribution in [-0.4, -0.2) is 19.9 Å². The maximum Gasteiger partial charge on any atom is 0.278 e. The smallest absolute Gasteiger partial charge is 0.278 e. The van der Waals surface area contributed by atoms with Crippen LogP contribution in [-0.2, 0) is 12.0 Å². The first-order valence-corrected chi connectivity index (χ1v) is 7.98. The summed E-state index contributed by atoms with van der Waals surface area (Å²) in [6, 6.07) is 6.87. The third-order valence-electron chi connectivity index (χ3n) is 3.52. The average molecular weight is 363 g/mol. The molecule has 0 bridgehead atoms. The van der Waals surface area contributed by atoms with E-state index in [2.05, 4.69) is 15.2 Å². The molecule has 3 aromatic rings. The zero-order chi connectivity index (χ0) is 18.2. The van der Waals surface area contributed by atoms with Crippen molar-refractivity contribution >= 4 is 11.6 Å². The Balaban J connectivity index is 1.95. The van der Waals surface area contributed by atoms with E-state index < -0.39 is 5.82 Å². The van der Waals surface area contributed by atoms with E-state index in [0.29, 0.717) is 17.1 Å². The van der Waals surface area contributed by atoms with Crippen LogP contribution in [0.5, 0.6) is 0 Å². The first kappa shape index (κ1) is 17.3. The highest BCUT2D eigenvalue weighted by Crippen LogP contribution is 2.22. The van der Waals surface area contributed by atoms with Crippen LogP contribution in [0, 0.1) is 5.82 Å². The van der Waals surface area contributed by atoms with E-state index in [9.17, 15) is 9.18 Å². The van der Waals surface area contributed by atoms with Crippen molar-refractivity contribution in [1.82, 2.24) is 19.9 Å². The van der Waals surface area contributed by atoms with Crippen molar-refractivity contribution in [3.05, 3.63) is 62.9 Å². The molecular weight excluding hydrogens is 347 g/mol. The molecule has 0 radical (unpaired) electrons. The minimum Gasteiger partial charge on any atom is -0.332 e. The summed E-state index contributed by atoms with van der Waals surface area (Å²) < 4.78 is 19.6. The summed E-state index contributed by atoms with van der Waals surface area (Å²) in [5, 5.41) is 8.43. The number of rotatable bonds is 3. The Morgan fingerprint density at radius 3 is 2.64 bits per heavy atom. The molecule has 2 heterocycles. The zero-order valence-corrected chi connectivity index (χ0v) is 14.7. The summed E-state index contributed by atoms with van der Waals surface area (Å²) in [6.45, 7) is 6.00. The van der Waals surface area contributed by atoms with Crippen molar-refractivity contribution in [3.8, 4) is 11.6 Å². The lowest BCUT2D eigenvalue weighted by Crippen LogP contribution is -2.23. The molecule has 8 heteroatoms. The minimum atomic E-state index is -0.441. The molecule has 2 aromatic heterocycles. The van der Waals surface area contributed by atoms with Gasteiger partial charge in [-0.25, -0.2) is 9.07 Å². The molecule has 25 heavy (non-hydrogen) atoms. The van der Waals surface area contributed by atoms with Crippen LogP contribution >= 0.6 is 11.6 Å². The predicted molar refractivity (Wildman–Crippen MR) is 91.0 cm³/mol. The van der Waals surface area contributed by atoms with Gasteiger partial charge in [0.05, 0.1) is 6.54 Å². The van der Waals surface area contributed by atoms with E-state index in [0.717, 1.165) is 0 Å². The summed E-state index contributed by atoms with van der Waals surface area (Å²) in [5.74, 6) is 0.330. The van der Waals surface area contributed by atoms with Gasteiger partial charge in [-0.05, 0) is 23.8 Å². The first-order valence-electron chi connectivity index (χ1n) is 7.61. The molecule has 0 amide bonds. The summed E-state index contributed by atoms with van der Waals surface area (Å²) in [7, 11) is 0. The Morgan fingerprint density at radius 1 is 1.24 bits per heavy atom. The van der Waals surface area contributed by atoms with Crippen molar-refractivity contribution in [2.45, 2.75) is 32.7 Å². The van der Waals surface area contributed by atoms with Crippen molar-refractivity contribution in [2.75, 3.05) is 0 Å². The number of hydrogen-bond acceptors (Lipinski definition) is 5. The second-order valence-electron chi connectivity index (χ2n) is 6.62. The Kier molecular flexibility index (Phi) is 4.43. The minimum absolute atomic E-state index is 0.103. The molecule has 0 saturated carbocycles. The third-order valence-corrected chi connectivity index (χ3v) is 3.87. The van der Waals surface area contributed by atoms with Gasteiger partial charge in [-0.15, -0.1) is 0 Å². The zero-order valence-electron chi connectivity index (χ0n) is 14.0. The standard InChI is InChI=1S/C17H16ClFN4O2/c1-17(2,3)16-20-15(25-22-16)13-6-7-14(24)23(21-13)9-10-4-5-11(19)8-12(10)18/h4-8H,9H2,1-3H3. The van der Waals surface area contributed by atoms with Gasteiger partial charge in [0.1, 0.15) is 11.5 Å². The maximum atomic E-state index is 13.2. The predicted octanol–water partition coefficient (Wildman–Crippen LogP) is 3.43. The van der Waals surface area contributed by atoms with Gasteiger partial charge < -0.3 is 4.52 Å². The topological polar surface area (TPSA) is 73.8 Å². The van der Waals surface area contributed by atoms with Crippen LogP contribution in [0.2, 0.25) is 5.02 Å². The number of hydrogen-bond donors (Lipinski definition) is 0. The fourth-order valence-electron chi connectivity index (χ4n) is 2.12. The Morgan fingerprint density at radius 2 is 2.00 bits per heavy atom. The molecule has 0 atom stereocenters. The molecule has 0 fully saturated rings. The van der Waals surface area contributed by atoms with E-state index >= 15 is 0 Å². The van der Waals surface area contributed by atoms with Crippen LogP contribution < -0.4 is 5.56 Å². The van der Waals surface area contributed by atoms with E-state index in [1.807, 2.05) is 20.8 Å². The molecular formula is C17H16ClFN4O2. The summed E-state index contributed by atoms with van der Waals surface area (Å²) >= 11 is 6.02. The van der Waals surface area contributed by atoms with Crippen molar-refractivity contribution in [2.24, 2.45) is 0 Å². The van der Waals surface area contributed by atoms with E-state index in [4.69, 9.17) is 16.1 Å². The average Bonchev–Trinajstić information content (AvgIpc) is 3.02. The lowest BCUT2D eigenvalue weighted by atomic mass is 9.96. The summed E-state index contributed by atoms with van der Waals surface area (Å²) in [6.07, 6.45) is 0. The van der Waals surface area contributed by atoms with E-state index in [1.165, 1.54) is 35.0 Å². The number of benzene rings is 1. The first-order chi connectivity index (χ1) is 11.7. The van der Waals surface area contributed by atoms with Crippen LogP contribution in [0.3, 0.4) is 0 Å². The Hall–Kier alpha value is -2.54. The fourth-order valence-corrected chi connectivity index (χ4v) is 2.35. The lowest BCUT2D eigenvalue weighted by Gasteiger charge is -2.10. The fraction of sp³-hybridized carbons (Fsp3) is 0.294. The van der Waals surface area contributed by atoms with E-state index in [-0.39, 0.29) is 28.4 Å². The second-order valence-corrected chi connectivity index (χ2v) is 7.03. The van der Waals surface area contributed by atoms with Gasteiger partial charge in [-0.2, -0.15) is 10.1 Å². The number of halogens is 2. The monoisotopic (exact) mass is 362 g/mol. The molecule has 0 spiro atoms. The molecule has 0 aliphatic carbocycles. The number of nitrogens with zero attached hydrogens (tertiary/aromatic N) is 4. The van der Waals surface area contributed by atoms with Gasteiger partial charge in [0.15, 0.2) is 5.82 Å². The van der Waals surface area contributed by atoms with Gasteiger partial charge in [0, 0.05) is 16.5 Å². The van der Waals surface area contributed by atoms with Crippen LogP contribution in [0.15, 0.2) is 39.6 Å². The molecule has 130 valence electrons. The maximum absolute atomic E-state index is 13.2. The SMILES string of the molecule is CC(C)(C)c1noc(-c2ccc(=O)n(Cc3ccc(F)cc3Cl)n2)n1. The van der Waals surface area contributed by atoms with Crippen LogP contribution in [0.25, 0.3) is 11.6 Å². The van der Waals surface area contributed by atoms with Gasteiger partial charge in [-0.3, -0.25) is 4.79 Å². The second kappa shape index (κ2) is 6.40. The highest BCUT2D eigenvalue weighted by atomic mass is 35.5. The number of aromatic nitrogens is 4. The van der Waals surface area contributed by atoms with Crippen molar-refractivity contribution < 1.29 is 8.91 Å². The molecule has 6 nitrogen and oxygen atoms in total. The van der Waals surface area contributed by atoms with Crippen molar-refractivity contribution in [1.29, 1.82) is 0 Å². The highest BCUT2D eigenvalue weighted by molar-refractivity contribution is 6.31. The molecule has 0 N–H and O–H groups in total. The molecule has 1 aromatic carbocycles. The Labute approximate surface area is 148 Å². The largest absolute Gasteiger partial charge is 0.332 e. The Bertz CT molecular complexity index is 975. The molecule has 0 aliphatic rings. The van der Waals surface area contributed by atoms with Crippen molar-refractivity contribution in [3.63, 3.8) is 0 Å². The van der Waals surface area contributed by atoms with Gasteiger partial charge in [-0.1, -0.05) is 43.6 Å². The summed E-state index contributed by atoms with van der Waals surface area (Å²) in [5.41, 5.74) is 0.369. The third kappa shape index (κ3) is 3.76. The van der Waals surface area contributed by atoms with Gasteiger partial charge in [0.25, 0.3) is 11.4 Å². The summed E-state index contributed by atoms with van der Waals surface area (Å²) in [4.78, 5) is 16.4. The highest BCUT2D eigenvalue weighted by Gasteiger charge is 2.22.